The zero-order valence-electron chi connectivity index (χ0n) is 18.9. The van der Waals surface area contributed by atoms with Crippen LogP contribution < -0.4 is 20.7 Å². The normalized spacial score (nSPS) is 19.0. The molecule has 1 atom stereocenters. The van der Waals surface area contributed by atoms with Gasteiger partial charge in [-0.1, -0.05) is 12.1 Å². The van der Waals surface area contributed by atoms with Crippen LogP contribution in [-0.4, -0.2) is 47.3 Å². The summed E-state index contributed by atoms with van der Waals surface area (Å²) >= 11 is 0. The highest BCUT2D eigenvalue weighted by Gasteiger charge is 2.25. The zero-order valence-corrected chi connectivity index (χ0v) is 18.9. The fourth-order valence-electron chi connectivity index (χ4n) is 4.76. The lowest BCUT2D eigenvalue weighted by atomic mass is 10.0. The Hall–Kier alpha value is -3.26. The first-order valence-electron chi connectivity index (χ1n) is 11.6. The van der Waals surface area contributed by atoms with Gasteiger partial charge in [-0.2, -0.15) is 0 Å². The molecule has 1 aromatic carbocycles. The van der Waals surface area contributed by atoms with Crippen LogP contribution in [0.4, 0.5) is 16.0 Å². The lowest BCUT2D eigenvalue weighted by Gasteiger charge is -2.35. The molecule has 5 rings (SSSR count). The maximum absolute atomic E-state index is 14.3. The van der Waals surface area contributed by atoms with Gasteiger partial charge in [0.05, 0.1) is 11.9 Å². The van der Waals surface area contributed by atoms with Gasteiger partial charge in [-0.3, -0.25) is 14.3 Å². The second-order valence-electron chi connectivity index (χ2n) is 8.79. The summed E-state index contributed by atoms with van der Waals surface area (Å²) in [7, 11) is 1.71. The number of pyridine rings is 1. The van der Waals surface area contributed by atoms with Crippen molar-refractivity contribution in [2.24, 2.45) is 7.05 Å². The van der Waals surface area contributed by atoms with Crippen LogP contribution in [0.2, 0.25) is 0 Å². The van der Waals surface area contributed by atoms with Crippen LogP contribution in [0, 0.1) is 5.82 Å². The van der Waals surface area contributed by atoms with Crippen LogP contribution in [-0.2, 0) is 7.05 Å². The van der Waals surface area contributed by atoms with Crippen molar-refractivity contribution in [1.82, 2.24) is 19.9 Å². The number of nitrogens with one attached hydrogen (secondary N) is 1. The van der Waals surface area contributed by atoms with Crippen LogP contribution in [0.15, 0.2) is 53.6 Å². The van der Waals surface area contributed by atoms with Crippen LogP contribution in [0.5, 0.6) is 0 Å². The molecule has 2 aliphatic rings. The second-order valence-corrected chi connectivity index (χ2v) is 8.79. The number of hydrogen-bond donors (Lipinski definition) is 1. The van der Waals surface area contributed by atoms with Crippen molar-refractivity contribution in [3.8, 4) is 11.3 Å². The van der Waals surface area contributed by atoms with Crippen molar-refractivity contribution in [3.05, 3.63) is 70.5 Å². The molecule has 0 bridgehead atoms. The highest BCUT2D eigenvalue weighted by molar-refractivity contribution is 5.60. The zero-order chi connectivity index (χ0) is 22.8. The van der Waals surface area contributed by atoms with Gasteiger partial charge in [-0.25, -0.2) is 9.37 Å². The van der Waals surface area contributed by atoms with E-state index in [0.717, 1.165) is 25.8 Å². The summed E-state index contributed by atoms with van der Waals surface area (Å²) in [5, 5.41) is 3.58. The number of aromatic nitrogens is 3. The average molecular weight is 449 g/mol. The van der Waals surface area contributed by atoms with Crippen LogP contribution in [0.3, 0.4) is 0 Å². The molecule has 0 aliphatic carbocycles. The van der Waals surface area contributed by atoms with Gasteiger partial charge in [0.25, 0.3) is 5.56 Å². The van der Waals surface area contributed by atoms with Gasteiger partial charge in [0, 0.05) is 69.3 Å². The molecule has 1 N–H and O–H groups in total. The molecular formula is C25H29FN6O. The van der Waals surface area contributed by atoms with Crippen LogP contribution in [0.25, 0.3) is 11.3 Å². The molecule has 4 heterocycles. The highest BCUT2D eigenvalue weighted by Crippen LogP contribution is 2.26. The van der Waals surface area contributed by atoms with E-state index in [1.54, 1.807) is 13.1 Å². The maximum atomic E-state index is 14.3. The van der Waals surface area contributed by atoms with Gasteiger partial charge in [0.15, 0.2) is 5.82 Å². The molecule has 0 unspecified atom stereocenters. The summed E-state index contributed by atoms with van der Waals surface area (Å²) in [5.74, 6) is 0.0568. The lowest BCUT2D eigenvalue weighted by molar-refractivity contribution is 0.462. The number of anilines is 2. The van der Waals surface area contributed by atoms with Crippen molar-refractivity contribution < 1.29 is 4.39 Å². The van der Waals surface area contributed by atoms with Gasteiger partial charge in [-0.05, 0) is 43.0 Å². The summed E-state index contributed by atoms with van der Waals surface area (Å²) in [6.45, 7) is 4.41. The molecule has 0 saturated carbocycles. The summed E-state index contributed by atoms with van der Waals surface area (Å²) in [5.41, 5.74) is 2.88. The Bertz CT molecular complexity index is 1170. The molecule has 0 spiro atoms. The third-order valence-corrected chi connectivity index (χ3v) is 6.63. The fraction of sp³-hybridized carbons (Fsp3) is 0.400. The van der Waals surface area contributed by atoms with Crippen LogP contribution >= 0.6 is 0 Å². The highest BCUT2D eigenvalue weighted by atomic mass is 19.1. The van der Waals surface area contributed by atoms with Crippen molar-refractivity contribution in [2.45, 2.75) is 25.3 Å². The Labute approximate surface area is 192 Å². The Balaban J connectivity index is 1.39. The average Bonchev–Trinajstić information content (AvgIpc) is 2.87. The SMILES string of the molecule is Cn1c(N2CCN[C@@H](c3ccc(N4CCCCC4)cc3)C2)nc(-c2ccncc2F)cc1=O. The van der Waals surface area contributed by atoms with Crippen molar-refractivity contribution in [1.29, 1.82) is 0 Å². The van der Waals surface area contributed by atoms with Gasteiger partial charge < -0.3 is 15.1 Å². The van der Waals surface area contributed by atoms with Gasteiger partial charge in [-0.15, -0.1) is 0 Å². The van der Waals surface area contributed by atoms with E-state index in [1.165, 1.54) is 47.3 Å². The topological polar surface area (TPSA) is 66.3 Å². The summed E-state index contributed by atoms with van der Waals surface area (Å²) in [6, 6.07) is 11.9. The van der Waals surface area contributed by atoms with E-state index in [-0.39, 0.29) is 17.2 Å². The Morgan fingerprint density at radius 1 is 1.03 bits per heavy atom. The summed E-state index contributed by atoms with van der Waals surface area (Å²) in [4.78, 5) is 25.7. The molecule has 3 aromatic rings. The van der Waals surface area contributed by atoms with E-state index in [2.05, 4.69) is 49.4 Å². The summed E-state index contributed by atoms with van der Waals surface area (Å²) < 4.78 is 15.8. The third kappa shape index (κ3) is 4.48. The van der Waals surface area contributed by atoms with Gasteiger partial charge in [0.2, 0.25) is 5.95 Å². The fourth-order valence-corrected chi connectivity index (χ4v) is 4.76. The molecule has 8 heteroatoms. The largest absolute Gasteiger partial charge is 0.372 e. The second kappa shape index (κ2) is 9.31. The molecule has 2 fully saturated rings. The number of rotatable bonds is 4. The van der Waals surface area contributed by atoms with E-state index in [0.29, 0.717) is 24.7 Å². The number of piperidine rings is 1. The first kappa shape index (κ1) is 21.6. The quantitative estimate of drug-likeness (QED) is 0.662. The molecule has 2 aliphatic heterocycles. The van der Waals surface area contributed by atoms with Crippen LogP contribution in [0.1, 0.15) is 30.9 Å². The standard InChI is InChI=1S/C25H29FN6O/c1-30-24(33)15-22(20-9-10-27-16-21(20)26)29-25(30)32-14-11-28-23(17-32)18-5-7-19(8-6-18)31-12-3-2-4-13-31/h5-10,15-16,23,28H,2-4,11-14,17H2,1H3/t23-/m1/s1. The minimum atomic E-state index is -0.490. The molecule has 7 nitrogen and oxygen atoms in total. The van der Waals surface area contributed by atoms with Crippen molar-refractivity contribution >= 4 is 11.6 Å². The maximum Gasteiger partial charge on any atom is 0.255 e. The van der Waals surface area contributed by atoms with E-state index < -0.39 is 5.82 Å². The lowest BCUT2D eigenvalue weighted by Crippen LogP contribution is -2.47. The number of benzene rings is 1. The van der Waals surface area contributed by atoms with Crippen molar-refractivity contribution in [2.75, 3.05) is 42.5 Å². The van der Waals surface area contributed by atoms with E-state index in [4.69, 9.17) is 0 Å². The smallest absolute Gasteiger partial charge is 0.255 e. The number of piperazine rings is 1. The Kier molecular flexibility index (Phi) is 6.09. The Morgan fingerprint density at radius 2 is 1.82 bits per heavy atom. The third-order valence-electron chi connectivity index (χ3n) is 6.63. The predicted octanol–water partition coefficient (Wildman–Crippen LogP) is 3.12. The minimum Gasteiger partial charge on any atom is -0.372 e. The first-order valence-corrected chi connectivity index (χ1v) is 11.6. The monoisotopic (exact) mass is 448 g/mol. The van der Waals surface area contributed by atoms with E-state index in [1.807, 2.05) is 0 Å². The van der Waals surface area contributed by atoms with Gasteiger partial charge >= 0.3 is 0 Å². The minimum absolute atomic E-state index is 0.118. The van der Waals surface area contributed by atoms with Crippen molar-refractivity contribution in [3.63, 3.8) is 0 Å². The first-order chi connectivity index (χ1) is 16.1. The number of halogens is 1. The number of hydrogen-bond acceptors (Lipinski definition) is 6. The molecule has 172 valence electrons. The Morgan fingerprint density at radius 3 is 2.58 bits per heavy atom. The number of nitrogens with zero attached hydrogens (tertiary/aromatic N) is 5. The molecule has 33 heavy (non-hydrogen) atoms. The molecule has 2 saturated heterocycles. The van der Waals surface area contributed by atoms with Gasteiger partial charge in [0.1, 0.15) is 0 Å². The summed E-state index contributed by atoms with van der Waals surface area (Å²) in [6.07, 6.45) is 6.49. The molecule has 0 radical (unpaired) electrons. The molecule has 0 amide bonds. The van der Waals surface area contributed by atoms with E-state index >= 15 is 0 Å². The molecular weight excluding hydrogens is 419 g/mol. The van der Waals surface area contributed by atoms with E-state index in [9.17, 15) is 9.18 Å². The molecule has 2 aromatic heterocycles. The predicted molar refractivity (Wildman–Crippen MR) is 128 cm³/mol.